The molecule has 1 aromatic rings. The highest BCUT2D eigenvalue weighted by molar-refractivity contribution is 9.10. The van der Waals surface area contributed by atoms with Crippen LogP contribution in [0.2, 0.25) is 0 Å². The Labute approximate surface area is 121 Å². The number of ether oxygens (including phenoxy) is 1. The summed E-state index contributed by atoms with van der Waals surface area (Å²) in [5.74, 6) is 0.322. The van der Waals surface area contributed by atoms with Crippen LogP contribution < -0.4 is 4.74 Å². The van der Waals surface area contributed by atoms with Crippen LogP contribution in [0.1, 0.15) is 31.1 Å². The molecule has 5 heteroatoms. The van der Waals surface area contributed by atoms with E-state index in [0.717, 1.165) is 0 Å². The summed E-state index contributed by atoms with van der Waals surface area (Å²) in [5, 5.41) is 0. The second kappa shape index (κ2) is 7.28. The topological polar surface area (TPSA) is 46.6 Å². The third kappa shape index (κ3) is 3.80. The summed E-state index contributed by atoms with van der Waals surface area (Å²) < 4.78 is 6.31. The van der Waals surface area contributed by atoms with Gasteiger partial charge in [0.15, 0.2) is 12.4 Å². The molecule has 0 aliphatic rings. The largest absolute Gasteiger partial charge is 0.479 e. The molecule has 104 valence electrons. The van der Waals surface area contributed by atoms with E-state index < -0.39 is 6.10 Å². The number of hydrogen-bond acceptors (Lipinski definition) is 3. The summed E-state index contributed by atoms with van der Waals surface area (Å²) in [7, 11) is 0. The molecule has 0 spiro atoms. The van der Waals surface area contributed by atoms with Crippen molar-refractivity contribution in [2.45, 2.75) is 26.9 Å². The van der Waals surface area contributed by atoms with Crippen LogP contribution in [0.15, 0.2) is 22.7 Å². The van der Waals surface area contributed by atoms with Crippen molar-refractivity contribution in [2.75, 3.05) is 13.1 Å². The van der Waals surface area contributed by atoms with Crippen molar-refractivity contribution in [3.63, 3.8) is 0 Å². The van der Waals surface area contributed by atoms with E-state index in [1.165, 1.54) is 0 Å². The highest BCUT2D eigenvalue weighted by Gasteiger charge is 2.21. The number of para-hydroxylation sites is 1. The first-order valence-corrected chi connectivity index (χ1v) is 7.03. The minimum absolute atomic E-state index is 0.0856. The number of amides is 1. The minimum atomic E-state index is -0.628. The van der Waals surface area contributed by atoms with Gasteiger partial charge in [0.25, 0.3) is 5.91 Å². The van der Waals surface area contributed by atoms with E-state index in [4.69, 9.17) is 4.74 Å². The maximum atomic E-state index is 12.1. The van der Waals surface area contributed by atoms with Gasteiger partial charge in [-0.2, -0.15) is 0 Å². The van der Waals surface area contributed by atoms with Crippen molar-refractivity contribution in [1.82, 2.24) is 4.90 Å². The van der Waals surface area contributed by atoms with Gasteiger partial charge in [0, 0.05) is 13.1 Å². The Hall–Kier alpha value is -1.36. The fraction of sp³-hybridized carbons (Fsp3) is 0.429. The molecule has 0 aliphatic carbocycles. The standard InChI is InChI=1S/C14H18BrNO3/c1-4-16(5-2)14(18)10(3)19-13-11(9-17)7-6-8-12(13)15/h6-10H,4-5H2,1-3H3. The van der Waals surface area contributed by atoms with Crippen molar-refractivity contribution < 1.29 is 14.3 Å². The summed E-state index contributed by atoms with van der Waals surface area (Å²) in [5.41, 5.74) is 0.425. The van der Waals surface area contributed by atoms with E-state index in [1.807, 2.05) is 13.8 Å². The lowest BCUT2D eigenvalue weighted by Gasteiger charge is -2.24. The van der Waals surface area contributed by atoms with Crippen LogP contribution in [0.5, 0.6) is 5.75 Å². The second-order valence-electron chi connectivity index (χ2n) is 4.05. The Kier molecular flexibility index (Phi) is 6.02. The Morgan fingerprint density at radius 3 is 2.58 bits per heavy atom. The van der Waals surface area contributed by atoms with E-state index >= 15 is 0 Å². The zero-order valence-electron chi connectivity index (χ0n) is 11.4. The second-order valence-corrected chi connectivity index (χ2v) is 4.90. The van der Waals surface area contributed by atoms with Crippen LogP contribution >= 0.6 is 15.9 Å². The first-order valence-electron chi connectivity index (χ1n) is 6.24. The zero-order chi connectivity index (χ0) is 14.4. The van der Waals surface area contributed by atoms with Gasteiger partial charge in [-0.1, -0.05) is 6.07 Å². The lowest BCUT2D eigenvalue weighted by atomic mass is 10.2. The van der Waals surface area contributed by atoms with Gasteiger partial charge in [-0.15, -0.1) is 0 Å². The molecule has 0 saturated carbocycles. The number of nitrogens with zero attached hydrogens (tertiary/aromatic N) is 1. The number of carbonyl (C=O) groups is 2. The van der Waals surface area contributed by atoms with Crippen LogP contribution in [0.4, 0.5) is 0 Å². The molecule has 19 heavy (non-hydrogen) atoms. The third-order valence-electron chi connectivity index (χ3n) is 2.84. The fourth-order valence-electron chi connectivity index (χ4n) is 1.76. The van der Waals surface area contributed by atoms with Crippen LogP contribution in [0.25, 0.3) is 0 Å². The number of aldehydes is 1. The van der Waals surface area contributed by atoms with Gasteiger partial charge in [-0.3, -0.25) is 9.59 Å². The number of carbonyl (C=O) groups excluding carboxylic acids is 2. The highest BCUT2D eigenvalue weighted by Crippen LogP contribution is 2.29. The Morgan fingerprint density at radius 2 is 2.05 bits per heavy atom. The summed E-state index contributed by atoms with van der Waals surface area (Å²) in [6.45, 7) is 6.81. The number of benzene rings is 1. The predicted molar refractivity (Wildman–Crippen MR) is 77.5 cm³/mol. The molecule has 0 N–H and O–H groups in total. The summed E-state index contributed by atoms with van der Waals surface area (Å²) >= 11 is 3.33. The third-order valence-corrected chi connectivity index (χ3v) is 3.47. The molecule has 4 nitrogen and oxygen atoms in total. The molecule has 1 aromatic carbocycles. The fourth-order valence-corrected chi connectivity index (χ4v) is 2.24. The average Bonchev–Trinajstić information content (AvgIpc) is 2.42. The van der Waals surface area contributed by atoms with Gasteiger partial charge in [-0.05, 0) is 48.8 Å². The monoisotopic (exact) mass is 327 g/mol. The molecular weight excluding hydrogens is 310 g/mol. The molecule has 0 saturated heterocycles. The van der Waals surface area contributed by atoms with Crippen molar-refractivity contribution in [3.8, 4) is 5.75 Å². The molecule has 1 rings (SSSR count). The van der Waals surface area contributed by atoms with Gasteiger partial charge < -0.3 is 9.64 Å². The van der Waals surface area contributed by atoms with Crippen LogP contribution in [-0.2, 0) is 4.79 Å². The molecule has 0 aliphatic heterocycles. The lowest BCUT2D eigenvalue weighted by molar-refractivity contribution is -0.137. The minimum Gasteiger partial charge on any atom is -0.479 e. The molecule has 1 atom stereocenters. The van der Waals surface area contributed by atoms with Gasteiger partial charge in [0.05, 0.1) is 10.0 Å². The maximum absolute atomic E-state index is 12.1. The number of rotatable bonds is 6. The van der Waals surface area contributed by atoms with E-state index in [-0.39, 0.29) is 5.91 Å². The van der Waals surface area contributed by atoms with Gasteiger partial charge in [0.2, 0.25) is 0 Å². The van der Waals surface area contributed by atoms with E-state index in [0.29, 0.717) is 35.2 Å². The number of hydrogen-bond donors (Lipinski definition) is 0. The molecule has 1 amide bonds. The molecule has 0 bridgehead atoms. The highest BCUT2D eigenvalue weighted by atomic mass is 79.9. The SMILES string of the molecule is CCN(CC)C(=O)C(C)Oc1c(Br)cccc1C=O. The van der Waals surface area contributed by atoms with Crippen molar-refractivity contribution in [3.05, 3.63) is 28.2 Å². The molecule has 0 heterocycles. The normalized spacial score (nSPS) is 11.8. The van der Waals surface area contributed by atoms with Crippen LogP contribution in [0, 0.1) is 0 Å². The molecule has 0 aromatic heterocycles. The summed E-state index contributed by atoms with van der Waals surface area (Å²) in [4.78, 5) is 24.8. The molecule has 1 unspecified atom stereocenters. The van der Waals surface area contributed by atoms with E-state index in [2.05, 4.69) is 15.9 Å². The Bertz CT molecular complexity index is 458. The maximum Gasteiger partial charge on any atom is 0.263 e. The lowest BCUT2D eigenvalue weighted by Crippen LogP contribution is -2.40. The van der Waals surface area contributed by atoms with Crippen LogP contribution in [0.3, 0.4) is 0 Å². The smallest absolute Gasteiger partial charge is 0.263 e. The predicted octanol–water partition coefficient (Wildman–Crippen LogP) is 2.90. The van der Waals surface area contributed by atoms with Crippen molar-refractivity contribution >= 4 is 28.1 Å². The van der Waals surface area contributed by atoms with Crippen LogP contribution in [-0.4, -0.2) is 36.3 Å². The van der Waals surface area contributed by atoms with Gasteiger partial charge in [-0.25, -0.2) is 0 Å². The molecule has 0 fully saturated rings. The van der Waals surface area contributed by atoms with E-state index in [1.54, 1.807) is 30.0 Å². The first-order chi connectivity index (χ1) is 9.04. The summed E-state index contributed by atoms with van der Waals surface area (Å²) in [6, 6.07) is 5.18. The zero-order valence-corrected chi connectivity index (χ0v) is 12.9. The molecular formula is C14H18BrNO3. The van der Waals surface area contributed by atoms with Crippen molar-refractivity contribution in [1.29, 1.82) is 0 Å². The average molecular weight is 328 g/mol. The summed E-state index contributed by atoms with van der Waals surface area (Å²) in [6.07, 6.45) is 0.0895. The quantitative estimate of drug-likeness (QED) is 0.755. The van der Waals surface area contributed by atoms with Crippen molar-refractivity contribution in [2.24, 2.45) is 0 Å². The molecule has 0 radical (unpaired) electrons. The van der Waals surface area contributed by atoms with Gasteiger partial charge >= 0.3 is 0 Å². The Balaban J connectivity index is 2.90. The first kappa shape index (κ1) is 15.7. The Morgan fingerprint density at radius 1 is 1.42 bits per heavy atom. The number of halogens is 1. The van der Waals surface area contributed by atoms with Gasteiger partial charge in [0.1, 0.15) is 5.75 Å². The van der Waals surface area contributed by atoms with E-state index in [9.17, 15) is 9.59 Å². The number of likely N-dealkylation sites (N-methyl/N-ethyl adjacent to an activating group) is 1.